The maximum atomic E-state index is 13.5. The van der Waals surface area contributed by atoms with Crippen molar-refractivity contribution in [3.8, 4) is 0 Å². The molecule has 0 N–H and O–H groups in total. The Labute approximate surface area is 181 Å². The van der Waals surface area contributed by atoms with Gasteiger partial charge in [-0.05, 0) is 42.8 Å². The van der Waals surface area contributed by atoms with E-state index in [0.29, 0.717) is 43.7 Å². The number of piperazine rings is 1. The summed E-state index contributed by atoms with van der Waals surface area (Å²) < 4.78 is 28.6. The Kier molecular flexibility index (Phi) is 5.00. The molecule has 160 valence electrons. The van der Waals surface area contributed by atoms with E-state index in [9.17, 15) is 13.2 Å². The fourth-order valence-electron chi connectivity index (χ4n) is 4.57. The molecule has 0 radical (unpaired) electrons. The zero-order valence-electron chi connectivity index (χ0n) is 17.4. The average molecular weight is 437 g/mol. The summed E-state index contributed by atoms with van der Waals surface area (Å²) in [4.78, 5) is 21.0. The predicted octanol–water partition coefficient (Wildman–Crippen LogP) is 2.72. The number of aromatic nitrogens is 1. The Hall–Kier alpha value is -2.81. The molecule has 0 saturated carbocycles. The Morgan fingerprint density at radius 1 is 0.968 bits per heavy atom. The van der Waals surface area contributed by atoms with Gasteiger partial charge in [-0.3, -0.25) is 14.7 Å². The Morgan fingerprint density at radius 2 is 1.71 bits per heavy atom. The molecule has 1 aromatic heterocycles. The van der Waals surface area contributed by atoms with Gasteiger partial charge in [0.25, 0.3) is 5.91 Å². The first-order chi connectivity index (χ1) is 15.0. The summed E-state index contributed by atoms with van der Waals surface area (Å²) in [5.74, 6) is -0.0672. The molecule has 1 saturated heterocycles. The highest BCUT2D eigenvalue weighted by atomic mass is 32.2. The van der Waals surface area contributed by atoms with E-state index < -0.39 is 10.0 Å². The molecule has 1 fully saturated rings. The van der Waals surface area contributed by atoms with Crippen LogP contribution in [0, 0.1) is 0 Å². The van der Waals surface area contributed by atoms with Crippen molar-refractivity contribution in [2.24, 2.45) is 0 Å². The minimum Gasteiger partial charge on any atom is -0.308 e. The van der Waals surface area contributed by atoms with Gasteiger partial charge < -0.3 is 4.90 Å². The molecule has 1 amide bonds. The summed E-state index contributed by atoms with van der Waals surface area (Å²) in [6, 6.07) is 12.7. The summed E-state index contributed by atoms with van der Waals surface area (Å²) in [5, 5.41) is 1.37. The van der Waals surface area contributed by atoms with E-state index in [0.717, 1.165) is 17.6 Å². The molecule has 5 rings (SSSR count). The number of nitrogens with zero attached hydrogens (tertiary/aromatic N) is 4. The molecule has 7 nitrogen and oxygen atoms in total. The molecule has 3 aromatic rings. The third-order valence-electron chi connectivity index (χ3n) is 6.17. The molecule has 31 heavy (non-hydrogen) atoms. The zero-order chi connectivity index (χ0) is 21.6. The van der Waals surface area contributed by atoms with E-state index in [2.05, 4.69) is 9.88 Å². The fraction of sp³-hybridized carbons (Fsp3) is 0.304. The van der Waals surface area contributed by atoms with E-state index in [1.165, 1.54) is 5.56 Å². The van der Waals surface area contributed by atoms with Gasteiger partial charge >= 0.3 is 0 Å². The highest BCUT2D eigenvalue weighted by Gasteiger charge is 2.34. The van der Waals surface area contributed by atoms with Crippen LogP contribution in [0.1, 0.15) is 22.8 Å². The minimum atomic E-state index is -3.67. The zero-order valence-corrected chi connectivity index (χ0v) is 18.2. The standard InChI is InChI=1S/C23H24N4O3S/c1-2-27-20-6-7-21(18-4-3-5-19(22(18)20)23(27)28)31(29,30)26-14-12-25(13-15-26)16-17-8-10-24-11-9-17/h3-11H,2,12-16H2,1H3. The lowest BCUT2D eigenvalue weighted by atomic mass is 10.1. The van der Waals surface area contributed by atoms with Gasteiger partial charge in [0.05, 0.1) is 10.6 Å². The molecule has 0 spiro atoms. The van der Waals surface area contributed by atoms with Crippen LogP contribution in [0.4, 0.5) is 5.69 Å². The number of anilines is 1. The van der Waals surface area contributed by atoms with Crippen molar-refractivity contribution in [2.75, 3.05) is 37.6 Å². The lowest BCUT2D eigenvalue weighted by Gasteiger charge is -2.34. The number of hydrogen-bond donors (Lipinski definition) is 0. The van der Waals surface area contributed by atoms with Crippen molar-refractivity contribution in [3.05, 3.63) is 66.0 Å². The molecule has 3 heterocycles. The molecule has 8 heteroatoms. The summed E-state index contributed by atoms with van der Waals surface area (Å²) >= 11 is 0. The Bertz CT molecular complexity index is 1250. The normalized spacial score (nSPS) is 17.6. The van der Waals surface area contributed by atoms with Gasteiger partial charge in [-0.25, -0.2) is 8.42 Å². The summed E-state index contributed by atoms with van der Waals surface area (Å²) in [6.07, 6.45) is 3.55. The summed E-state index contributed by atoms with van der Waals surface area (Å²) in [5.41, 5.74) is 2.54. The maximum absolute atomic E-state index is 13.5. The van der Waals surface area contributed by atoms with Crippen LogP contribution in [0.15, 0.2) is 59.8 Å². The first-order valence-electron chi connectivity index (χ1n) is 10.5. The molecule has 0 atom stereocenters. The second-order valence-corrected chi connectivity index (χ2v) is 9.80. The topological polar surface area (TPSA) is 73.8 Å². The van der Waals surface area contributed by atoms with Gasteiger partial charge in [0.15, 0.2) is 0 Å². The first kappa shape index (κ1) is 20.1. The van der Waals surface area contributed by atoms with Gasteiger partial charge in [-0.1, -0.05) is 12.1 Å². The third kappa shape index (κ3) is 3.31. The molecule has 2 aliphatic heterocycles. The highest BCUT2D eigenvalue weighted by molar-refractivity contribution is 7.89. The predicted molar refractivity (Wildman–Crippen MR) is 120 cm³/mol. The van der Waals surface area contributed by atoms with Crippen molar-refractivity contribution in [1.29, 1.82) is 0 Å². The number of benzene rings is 2. The van der Waals surface area contributed by atoms with Crippen molar-refractivity contribution < 1.29 is 13.2 Å². The van der Waals surface area contributed by atoms with E-state index in [1.54, 1.807) is 51.9 Å². The number of carbonyl (C=O) groups excluding carboxylic acids is 1. The number of hydrogen-bond acceptors (Lipinski definition) is 5. The van der Waals surface area contributed by atoms with Crippen LogP contribution in [0.2, 0.25) is 0 Å². The van der Waals surface area contributed by atoms with Crippen LogP contribution in [-0.2, 0) is 16.6 Å². The summed E-state index contributed by atoms with van der Waals surface area (Å²) in [7, 11) is -3.67. The van der Waals surface area contributed by atoms with E-state index in [4.69, 9.17) is 0 Å². The number of rotatable bonds is 5. The van der Waals surface area contributed by atoms with Crippen molar-refractivity contribution in [2.45, 2.75) is 18.4 Å². The monoisotopic (exact) mass is 436 g/mol. The number of pyridine rings is 1. The molecule has 0 unspecified atom stereocenters. The van der Waals surface area contributed by atoms with E-state index >= 15 is 0 Å². The number of amides is 1. The van der Waals surface area contributed by atoms with Crippen LogP contribution < -0.4 is 4.90 Å². The second-order valence-electron chi connectivity index (χ2n) is 7.90. The second kappa shape index (κ2) is 7.71. The van der Waals surface area contributed by atoms with Crippen LogP contribution in [0.5, 0.6) is 0 Å². The Morgan fingerprint density at radius 3 is 2.42 bits per heavy atom. The largest absolute Gasteiger partial charge is 0.308 e. The number of carbonyl (C=O) groups is 1. The average Bonchev–Trinajstić information content (AvgIpc) is 3.07. The summed E-state index contributed by atoms with van der Waals surface area (Å²) in [6.45, 7) is 5.48. The minimum absolute atomic E-state index is 0.0672. The molecule has 0 aliphatic carbocycles. The number of sulfonamides is 1. The fourth-order valence-corrected chi connectivity index (χ4v) is 6.18. The molecular weight excluding hydrogens is 412 g/mol. The SMILES string of the molecule is CCN1C(=O)c2cccc3c(S(=O)(=O)N4CCN(Cc5ccncc5)CC4)ccc1c23. The van der Waals surface area contributed by atoms with Gasteiger partial charge in [0.1, 0.15) is 0 Å². The van der Waals surface area contributed by atoms with E-state index in [1.807, 2.05) is 19.1 Å². The smallest absolute Gasteiger partial charge is 0.258 e. The lowest BCUT2D eigenvalue weighted by molar-refractivity contribution is 0.0994. The first-order valence-corrected chi connectivity index (χ1v) is 11.9. The molecule has 2 aromatic carbocycles. The third-order valence-corrected chi connectivity index (χ3v) is 8.12. The maximum Gasteiger partial charge on any atom is 0.258 e. The van der Waals surface area contributed by atoms with Crippen LogP contribution in [-0.4, -0.2) is 61.2 Å². The van der Waals surface area contributed by atoms with E-state index in [-0.39, 0.29) is 10.8 Å². The van der Waals surface area contributed by atoms with Crippen LogP contribution >= 0.6 is 0 Å². The van der Waals surface area contributed by atoms with Crippen LogP contribution in [0.25, 0.3) is 10.8 Å². The van der Waals surface area contributed by atoms with Crippen molar-refractivity contribution >= 4 is 32.4 Å². The molecular formula is C23H24N4O3S. The lowest BCUT2D eigenvalue weighted by Crippen LogP contribution is -2.48. The van der Waals surface area contributed by atoms with Gasteiger partial charge in [-0.2, -0.15) is 4.31 Å². The van der Waals surface area contributed by atoms with Crippen LogP contribution in [0.3, 0.4) is 0 Å². The highest BCUT2D eigenvalue weighted by Crippen LogP contribution is 2.40. The molecule has 0 bridgehead atoms. The quantitative estimate of drug-likeness (QED) is 0.615. The van der Waals surface area contributed by atoms with Gasteiger partial charge in [-0.15, -0.1) is 0 Å². The van der Waals surface area contributed by atoms with Crippen molar-refractivity contribution in [1.82, 2.24) is 14.2 Å². The van der Waals surface area contributed by atoms with Gasteiger partial charge in [0, 0.05) is 68.0 Å². The van der Waals surface area contributed by atoms with Crippen molar-refractivity contribution in [3.63, 3.8) is 0 Å². The molecule has 2 aliphatic rings. The van der Waals surface area contributed by atoms with Gasteiger partial charge in [0.2, 0.25) is 10.0 Å². The Balaban J connectivity index is 1.42.